The summed E-state index contributed by atoms with van der Waals surface area (Å²) in [6.45, 7) is 3.41. The third-order valence-electron chi connectivity index (χ3n) is 3.91. The molecule has 23 heavy (non-hydrogen) atoms. The molecular formula is C15H15Cl3N4O. The molecule has 1 saturated heterocycles. The summed E-state index contributed by atoms with van der Waals surface area (Å²) in [5, 5.41) is 8.11. The highest BCUT2D eigenvalue weighted by Gasteiger charge is 2.25. The van der Waals surface area contributed by atoms with Crippen LogP contribution in [0.1, 0.15) is 16.1 Å². The van der Waals surface area contributed by atoms with Crippen molar-refractivity contribution in [3.8, 4) is 0 Å². The highest BCUT2D eigenvalue weighted by atomic mass is 35.5. The van der Waals surface area contributed by atoms with E-state index >= 15 is 0 Å². The fourth-order valence-electron chi connectivity index (χ4n) is 2.60. The Kier molecular flexibility index (Phi) is 5.11. The standard InChI is InChI=1S/C15H15Cl3N4O/c16-11-2-1-3-12(17)10(11)9-21-4-6-22(7-5-21)15(23)14-13(18)8-19-20-14/h1-3,8H,4-7,9H2,(H,19,20). The second-order valence-electron chi connectivity index (χ2n) is 5.36. The van der Waals surface area contributed by atoms with Crippen LogP contribution in [0.4, 0.5) is 0 Å². The molecule has 1 aliphatic heterocycles. The molecule has 1 fully saturated rings. The number of H-pyrrole nitrogens is 1. The zero-order chi connectivity index (χ0) is 16.4. The van der Waals surface area contributed by atoms with E-state index in [9.17, 15) is 4.79 Å². The summed E-state index contributed by atoms with van der Waals surface area (Å²) in [5.74, 6) is -0.122. The minimum Gasteiger partial charge on any atom is -0.335 e. The number of carbonyl (C=O) groups is 1. The molecule has 1 N–H and O–H groups in total. The number of rotatable bonds is 3. The number of hydrogen-bond donors (Lipinski definition) is 1. The molecule has 0 atom stereocenters. The quantitative estimate of drug-likeness (QED) is 0.898. The molecule has 1 aromatic heterocycles. The molecule has 0 saturated carbocycles. The molecular weight excluding hydrogens is 359 g/mol. The number of halogens is 3. The van der Waals surface area contributed by atoms with E-state index in [2.05, 4.69) is 15.1 Å². The van der Waals surface area contributed by atoms with E-state index in [1.165, 1.54) is 6.20 Å². The molecule has 0 spiro atoms. The minimum absolute atomic E-state index is 0.122. The Labute approximate surface area is 149 Å². The van der Waals surface area contributed by atoms with Crippen LogP contribution in [0.25, 0.3) is 0 Å². The number of nitrogens with one attached hydrogen (secondary N) is 1. The summed E-state index contributed by atoms with van der Waals surface area (Å²) in [5.41, 5.74) is 1.27. The number of aromatic amines is 1. The van der Waals surface area contributed by atoms with Crippen LogP contribution in [0.2, 0.25) is 15.1 Å². The third kappa shape index (κ3) is 3.63. The Balaban J connectivity index is 1.61. The highest BCUT2D eigenvalue weighted by Crippen LogP contribution is 2.26. The van der Waals surface area contributed by atoms with Gasteiger partial charge < -0.3 is 4.90 Å². The molecule has 0 aliphatic carbocycles. The van der Waals surface area contributed by atoms with Crippen molar-refractivity contribution in [2.75, 3.05) is 26.2 Å². The number of benzene rings is 1. The highest BCUT2D eigenvalue weighted by molar-refractivity contribution is 6.36. The molecule has 1 aliphatic rings. The fourth-order valence-corrected chi connectivity index (χ4v) is 3.28. The third-order valence-corrected chi connectivity index (χ3v) is 4.90. The van der Waals surface area contributed by atoms with Crippen LogP contribution < -0.4 is 0 Å². The summed E-state index contributed by atoms with van der Waals surface area (Å²) in [6.07, 6.45) is 1.43. The van der Waals surface area contributed by atoms with Gasteiger partial charge in [0.2, 0.25) is 0 Å². The molecule has 0 unspecified atom stereocenters. The van der Waals surface area contributed by atoms with E-state index in [-0.39, 0.29) is 5.91 Å². The number of hydrogen-bond acceptors (Lipinski definition) is 3. The van der Waals surface area contributed by atoms with Gasteiger partial charge in [-0.05, 0) is 12.1 Å². The van der Waals surface area contributed by atoms with Gasteiger partial charge in [0.25, 0.3) is 5.91 Å². The molecule has 0 radical (unpaired) electrons. The van der Waals surface area contributed by atoms with Gasteiger partial charge in [-0.3, -0.25) is 14.8 Å². The second-order valence-corrected chi connectivity index (χ2v) is 6.58. The lowest BCUT2D eigenvalue weighted by molar-refractivity contribution is 0.0623. The normalized spacial score (nSPS) is 15.9. The summed E-state index contributed by atoms with van der Waals surface area (Å²) in [6, 6.07) is 5.50. The number of nitrogens with zero attached hydrogens (tertiary/aromatic N) is 3. The predicted molar refractivity (Wildman–Crippen MR) is 91.2 cm³/mol. The molecule has 1 amide bonds. The smallest absolute Gasteiger partial charge is 0.273 e. The largest absolute Gasteiger partial charge is 0.335 e. The molecule has 0 bridgehead atoms. The first-order valence-corrected chi connectivity index (χ1v) is 8.33. The maximum absolute atomic E-state index is 12.4. The molecule has 122 valence electrons. The monoisotopic (exact) mass is 372 g/mol. The number of piperazine rings is 1. The van der Waals surface area contributed by atoms with Crippen LogP contribution in [-0.4, -0.2) is 52.1 Å². The van der Waals surface area contributed by atoms with E-state index in [4.69, 9.17) is 34.8 Å². The predicted octanol–water partition coefficient (Wildman–Crippen LogP) is 3.33. The molecule has 1 aromatic carbocycles. The SMILES string of the molecule is O=C(c1[nH]ncc1Cl)N1CCN(Cc2c(Cl)cccc2Cl)CC1. The maximum atomic E-state index is 12.4. The van der Waals surface area contributed by atoms with Crippen molar-refractivity contribution in [3.05, 3.63) is 50.7 Å². The van der Waals surface area contributed by atoms with Gasteiger partial charge in [0.1, 0.15) is 5.69 Å². The Morgan fingerprint density at radius 1 is 1.09 bits per heavy atom. The molecule has 8 heteroatoms. The topological polar surface area (TPSA) is 52.2 Å². The van der Waals surface area contributed by atoms with Crippen molar-refractivity contribution in [1.29, 1.82) is 0 Å². The average molecular weight is 374 g/mol. The van der Waals surface area contributed by atoms with Gasteiger partial charge in [-0.2, -0.15) is 5.10 Å². The Hall–Kier alpha value is -1.27. The van der Waals surface area contributed by atoms with Gasteiger partial charge in [0.15, 0.2) is 0 Å². The maximum Gasteiger partial charge on any atom is 0.273 e. The number of carbonyl (C=O) groups excluding carboxylic acids is 1. The average Bonchev–Trinajstić information content (AvgIpc) is 2.97. The van der Waals surface area contributed by atoms with Crippen LogP contribution in [-0.2, 0) is 6.54 Å². The number of amides is 1. The zero-order valence-electron chi connectivity index (χ0n) is 12.2. The molecule has 2 heterocycles. The van der Waals surface area contributed by atoms with Gasteiger partial charge in [0.05, 0.1) is 11.2 Å². The Bertz CT molecular complexity index is 690. The molecule has 5 nitrogen and oxygen atoms in total. The minimum atomic E-state index is -0.122. The Morgan fingerprint density at radius 3 is 2.30 bits per heavy atom. The van der Waals surface area contributed by atoms with Gasteiger partial charge in [-0.25, -0.2) is 0 Å². The summed E-state index contributed by atoms with van der Waals surface area (Å²) in [4.78, 5) is 16.4. The van der Waals surface area contributed by atoms with Gasteiger partial charge in [-0.15, -0.1) is 0 Å². The zero-order valence-corrected chi connectivity index (χ0v) is 14.5. The van der Waals surface area contributed by atoms with E-state index in [0.29, 0.717) is 40.4 Å². The van der Waals surface area contributed by atoms with Crippen LogP contribution in [0.3, 0.4) is 0 Å². The lowest BCUT2D eigenvalue weighted by Gasteiger charge is -2.34. The first kappa shape index (κ1) is 16.6. The van der Waals surface area contributed by atoms with Crippen molar-refractivity contribution < 1.29 is 4.79 Å². The van der Waals surface area contributed by atoms with Gasteiger partial charge in [-0.1, -0.05) is 40.9 Å². The molecule has 3 rings (SSSR count). The van der Waals surface area contributed by atoms with Crippen molar-refractivity contribution in [1.82, 2.24) is 20.0 Å². The van der Waals surface area contributed by atoms with Crippen molar-refractivity contribution in [3.63, 3.8) is 0 Å². The van der Waals surface area contributed by atoms with E-state index in [1.54, 1.807) is 4.90 Å². The second kappa shape index (κ2) is 7.09. The van der Waals surface area contributed by atoms with E-state index in [1.807, 2.05) is 18.2 Å². The van der Waals surface area contributed by atoms with Crippen LogP contribution in [0.15, 0.2) is 24.4 Å². The first-order chi connectivity index (χ1) is 11.1. The lowest BCUT2D eigenvalue weighted by Crippen LogP contribution is -2.48. The van der Waals surface area contributed by atoms with E-state index in [0.717, 1.165) is 18.7 Å². The van der Waals surface area contributed by atoms with E-state index < -0.39 is 0 Å². The first-order valence-electron chi connectivity index (χ1n) is 7.19. The number of aromatic nitrogens is 2. The van der Waals surface area contributed by atoms with Gasteiger partial charge >= 0.3 is 0 Å². The van der Waals surface area contributed by atoms with Crippen molar-refractivity contribution in [2.45, 2.75) is 6.54 Å². The van der Waals surface area contributed by atoms with Crippen LogP contribution in [0.5, 0.6) is 0 Å². The van der Waals surface area contributed by atoms with Crippen molar-refractivity contribution in [2.24, 2.45) is 0 Å². The molecule has 2 aromatic rings. The summed E-state index contributed by atoms with van der Waals surface area (Å²) >= 11 is 18.4. The Morgan fingerprint density at radius 2 is 1.74 bits per heavy atom. The van der Waals surface area contributed by atoms with Crippen LogP contribution >= 0.6 is 34.8 Å². The summed E-state index contributed by atoms with van der Waals surface area (Å²) < 4.78 is 0. The summed E-state index contributed by atoms with van der Waals surface area (Å²) in [7, 11) is 0. The van der Waals surface area contributed by atoms with Crippen molar-refractivity contribution >= 4 is 40.7 Å². The lowest BCUT2D eigenvalue weighted by atomic mass is 10.2. The van der Waals surface area contributed by atoms with Gasteiger partial charge in [0, 0.05) is 48.3 Å². The van der Waals surface area contributed by atoms with Crippen LogP contribution in [0, 0.1) is 0 Å². The fraction of sp³-hybridized carbons (Fsp3) is 0.333.